The average molecular weight is 638 g/mol. The van der Waals surface area contributed by atoms with Crippen LogP contribution in [-0.2, 0) is 16.0 Å². The van der Waals surface area contributed by atoms with E-state index in [4.69, 9.17) is 14.2 Å². The molecule has 8 nitrogen and oxygen atoms in total. The number of pyridine rings is 1. The van der Waals surface area contributed by atoms with Crippen LogP contribution in [0.15, 0.2) is 72.9 Å². The van der Waals surface area contributed by atoms with E-state index in [2.05, 4.69) is 15.6 Å². The van der Waals surface area contributed by atoms with Crippen LogP contribution in [0.25, 0.3) is 10.9 Å². The number of amides is 1. The number of hydrogen-bond donors (Lipinski definition) is 2. The summed E-state index contributed by atoms with van der Waals surface area (Å²) < 4.78 is 33.4. The van der Waals surface area contributed by atoms with Gasteiger partial charge in [0.15, 0.2) is 28.8 Å². The van der Waals surface area contributed by atoms with Crippen molar-refractivity contribution in [2.24, 2.45) is 5.41 Å². The molecule has 244 valence electrons. The van der Waals surface area contributed by atoms with Gasteiger partial charge in [-0.05, 0) is 80.5 Å². The second kappa shape index (κ2) is 13.0. The Balaban J connectivity index is 1.02. The van der Waals surface area contributed by atoms with Gasteiger partial charge in [-0.2, -0.15) is 0 Å². The molecule has 2 N–H and O–H groups in total. The summed E-state index contributed by atoms with van der Waals surface area (Å²) in [6.07, 6.45) is 11.1. The van der Waals surface area contributed by atoms with Gasteiger partial charge in [-0.25, -0.2) is 4.39 Å². The predicted molar refractivity (Wildman–Crippen MR) is 178 cm³/mol. The molecule has 3 aliphatic rings. The van der Waals surface area contributed by atoms with Crippen molar-refractivity contribution in [3.8, 4) is 23.0 Å². The summed E-state index contributed by atoms with van der Waals surface area (Å²) in [6, 6.07) is 19.4. The average Bonchev–Trinajstić information content (AvgIpc) is 4.02. The second-order valence-electron chi connectivity index (χ2n) is 13.2. The number of para-hydroxylation sites is 1. The molecule has 4 aromatic rings. The molecule has 7 rings (SSSR count). The highest BCUT2D eigenvalue weighted by atomic mass is 19.1. The Labute approximate surface area is 274 Å². The Morgan fingerprint density at radius 3 is 2.38 bits per heavy atom. The van der Waals surface area contributed by atoms with E-state index in [1.807, 2.05) is 30.3 Å². The van der Waals surface area contributed by atoms with Gasteiger partial charge in [-0.1, -0.05) is 43.5 Å². The molecule has 3 saturated carbocycles. The fourth-order valence-corrected chi connectivity index (χ4v) is 6.61. The Kier molecular flexibility index (Phi) is 8.57. The van der Waals surface area contributed by atoms with Crippen LogP contribution in [0, 0.1) is 11.2 Å². The van der Waals surface area contributed by atoms with Crippen molar-refractivity contribution in [3.63, 3.8) is 0 Å². The quantitative estimate of drug-likeness (QED) is 0.146. The van der Waals surface area contributed by atoms with E-state index in [1.165, 1.54) is 44.2 Å². The molecule has 0 unspecified atom stereocenters. The molecule has 0 spiro atoms. The number of carbonyl (C=O) groups excluding carboxylic acids is 2. The Morgan fingerprint density at radius 1 is 0.894 bits per heavy atom. The molecular formula is C38H40FN3O5. The lowest BCUT2D eigenvalue weighted by Crippen LogP contribution is -2.44. The highest BCUT2D eigenvalue weighted by molar-refractivity contribution is 6.14. The lowest BCUT2D eigenvalue weighted by Gasteiger charge is -2.28. The van der Waals surface area contributed by atoms with Gasteiger partial charge < -0.3 is 24.8 Å². The van der Waals surface area contributed by atoms with Crippen molar-refractivity contribution in [1.29, 1.82) is 0 Å². The number of Topliss-reactive ketones (excluding diaryl/α,β-unsaturated/α-hetero) is 1. The van der Waals surface area contributed by atoms with Crippen molar-refractivity contribution >= 4 is 28.3 Å². The second-order valence-corrected chi connectivity index (χ2v) is 13.2. The molecule has 0 aliphatic heterocycles. The van der Waals surface area contributed by atoms with E-state index < -0.39 is 11.2 Å². The molecule has 47 heavy (non-hydrogen) atoms. The van der Waals surface area contributed by atoms with E-state index in [0.717, 1.165) is 12.8 Å². The number of methoxy groups -OCH3 is 1. The standard InChI is InChI=1S/C38H40FN3O5/c1-45-33-22-28-30(23-34(33)46-24-37(15-16-37)42-27-10-6-3-7-11-27)40-19-14-31(28)47-32-13-12-25(20-29(32)39)21-35(43)38(17-18-38)36(44)41-26-8-4-2-5-9-26/h2,4-5,8-9,12-14,19-20,22-23,27,42H,3,6-7,10-11,15-18,21,24H2,1H3,(H,41,44). The maximum atomic E-state index is 15.4. The molecule has 0 radical (unpaired) electrons. The number of carbonyl (C=O) groups is 2. The van der Waals surface area contributed by atoms with Crippen molar-refractivity contribution in [2.45, 2.75) is 75.8 Å². The van der Waals surface area contributed by atoms with Crippen LogP contribution in [0.4, 0.5) is 10.1 Å². The number of benzene rings is 3. The third kappa shape index (κ3) is 6.81. The van der Waals surface area contributed by atoms with Gasteiger partial charge in [0.05, 0.1) is 18.2 Å². The summed E-state index contributed by atoms with van der Waals surface area (Å²) in [5.74, 6) is 0.435. The zero-order valence-electron chi connectivity index (χ0n) is 26.7. The molecule has 1 aromatic heterocycles. The Morgan fingerprint density at radius 2 is 1.68 bits per heavy atom. The van der Waals surface area contributed by atoms with Crippen molar-refractivity contribution < 1.29 is 28.2 Å². The van der Waals surface area contributed by atoms with Crippen molar-refractivity contribution in [1.82, 2.24) is 10.3 Å². The van der Waals surface area contributed by atoms with Gasteiger partial charge in [0.1, 0.15) is 17.8 Å². The smallest absolute Gasteiger partial charge is 0.238 e. The highest BCUT2D eigenvalue weighted by Gasteiger charge is 2.55. The minimum atomic E-state index is -1.07. The number of nitrogens with one attached hydrogen (secondary N) is 2. The molecule has 1 heterocycles. The summed E-state index contributed by atoms with van der Waals surface area (Å²) in [4.78, 5) is 30.6. The lowest BCUT2D eigenvalue weighted by atomic mass is 9.94. The number of nitrogens with zero attached hydrogens (tertiary/aromatic N) is 1. The molecule has 0 saturated heterocycles. The largest absolute Gasteiger partial charge is 0.493 e. The van der Waals surface area contributed by atoms with Gasteiger partial charge in [-0.3, -0.25) is 14.6 Å². The number of fused-ring (bicyclic) bond motifs is 1. The van der Waals surface area contributed by atoms with E-state index in [-0.39, 0.29) is 29.4 Å². The molecular weight excluding hydrogens is 597 g/mol. The van der Waals surface area contributed by atoms with Crippen LogP contribution in [0.5, 0.6) is 23.0 Å². The number of rotatable bonds is 13. The molecule has 3 aromatic carbocycles. The number of hydrogen-bond acceptors (Lipinski definition) is 7. The fraction of sp³-hybridized carbons (Fsp3) is 0.395. The first-order valence-electron chi connectivity index (χ1n) is 16.6. The number of aromatic nitrogens is 1. The Bertz CT molecular complexity index is 1780. The van der Waals surface area contributed by atoms with E-state index in [0.29, 0.717) is 64.9 Å². The normalized spacial score (nSPS) is 17.9. The van der Waals surface area contributed by atoms with E-state index in [1.54, 1.807) is 37.6 Å². The maximum Gasteiger partial charge on any atom is 0.238 e. The van der Waals surface area contributed by atoms with Gasteiger partial charge in [-0.15, -0.1) is 0 Å². The number of ketones is 1. The summed E-state index contributed by atoms with van der Waals surface area (Å²) in [5.41, 5.74) is 0.706. The van der Waals surface area contributed by atoms with Crippen LogP contribution in [0.2, 0.25) is 0 Å². The fourth-order valence-electron chi connectivity index (χ4n) is 6.61. The minimum absolute atomic E-state index is 0.0143. The van der Waals surface area contributed by atoms with Gasteiger partial charge in [0.25, 0.3) is 0 Å². The zero-order valence-corrected chi connectivity index (χ0v) is 26.7. The van der Waals surface area contributed by atoms with Crippen LogP contribution < -0.4 is 24.8 Å². The van der Waals surface area contributed by atoms with Crippen LogP contribution in [0.1, 0.15) is 63.4 Å². The molecule has 9 heteroatoms. The van der Waals surface area contributed by atoms with Crippen LogP contribution in [0.3, 0.4) is 0 Å². The summed E-state index contributed by atoms with van der Waals surface area (Å²) in [6.45, 7) is 0.556. The molecule has 0 bridgehead atoms. The maximum absolute atomic E-state index is 15.4. The first-order valence-corrected chi connectivity index (χ1v) is 16.6. The lowest BCUT2D eigenvalue weighted by molar-refractivity contribution is -0.132. The van der Waals surface area contributed by atoms with Crippen LogP contribution >= 0.6 is 0 Å². The first kappa shape index (κ1) is 31.1. The molecule has 3 aliphatic carbocycles. The SMILES string of the molecule is COc1cc2c(Oc3ccc(CC(=O)C4(C(=O)Nc5ccccc5)CC4)cc3F)ccnc2cc1OCC1(NC2CCCCC2)CC1. The highest BCUT2D eigenvalue weighted by Crippen LogP contribution is 2.48. The minimum Gasteiger partial charge on any atom is -0.493 e. The third-order valence-electron chi connectivity index (χ3n) is 9.79. The van der Waals surface area contributed by atoms with Gasteiger partial charge in [0.2, 0.25) is 5.91 Å². The third-order valence-corrected chi connectivity index (χ3v) is 9.79. The monoisotopic (exact) mass is 637 g/mol. The molecule has 0 atom stereocenters. The number of halogens is 1. The van der Waals surface area contributed by atoms with Crippen molar-refractivity contribution in [3.05, 3.63) is 84.3 Å². The predicted octanol–water partition coefficient (Wildman–Crippen LogP) is 7.54. The number of anilines is 1. The van der Waals surface area contributed by atoms with E-state index in [9.17, 15) is 9.59 Å². The summed E-state index contributed by atoms with van der Waals surface area (Å²) >= 11 is 0. The van der Waals surface area contributed by atoms with Gasteiger partial charge >= 0.3 is 0 Å². The summed E-state index contributed by atoms with van der Waals surface area (Å²) in [5, 5.41) is 7.35. The number of ether oxygens (including phenoxy) is 3. The first-order chi connectivity index (χ1) is 22.9. The topological polar surface area (TPSA) is 98.8 Å². The van der Waals surface area contributed by atoms with Gasteiger partial charge in [0, 0.05) is 35.8 Å². The molecule has 1 amide bonds. The molecule has 3 fully saturated rings. The van der Waals surface area contributed by atoms with E-state index >= 15 is 4.39 Å². The Hall–Kier alpha value is -4.50. The zero-order chi connectivity index (χ0) is 32.4. The van der Waals surface area contributed by atoms with Crippen molar-refractivity contribution in [2.75, 3.05) is 19.0 Å². The summed E-state index contributed by atoms with van der Waals surface area (Å²) in [7, 11) is 1.59. The van der Waals surface area contributed by atoms with Crippen LogP contribution in [-0.4, -0.2) is 42.0 Å².